The predicted molar refractivity (Wildman–Crippen MR) is 65.0 cm³/mol. The Hall–Kier alpha value is -0.0800. The van der Waals surface area contributed by atoms with Crippen LogP contribution in [0.1, 0.15) is 59.3 Å². The molecule has 0 amide bonds. The van der Waals surface area contributed by atoms with E-state index < -0.39 is 0 Å². The highest BCUT2D eigenvalue weighted by molar-refractivity contribution is 4.88. The summed E-state index contributed by atoms with van der Waals surface area (Å²) in [5.74, 6) is 0. The summed E-state index contributed by atoms with van der Waals surface area (Å²) < 4.78 is 0. The van der Waals surface area contributed by atoms with Gasteiger partial charge in [-0.05, 0) is 25.7 Å². The molecule has 2 N–H and O–H groups in total. The Kier molecular flexibility index (Phi) is 5.07. The fraction of sp³-hybridized carbons (Fsp3) is 1.00. The van der Waals surface area contributed by atoms with E-state index in [1.54, 1.807) is 0 Å². The smallest absolute Gasteiger partial charge is 0.0605 e. The van der Waals surface area contributed by atoms with Crippen molar-refractivity contribution in [1.82, 2.24) is 5.32 Å². The van der Waals surface area contributed by atoms with Gasteiger partial charge in [-0.15, -0.1) is 0 Å². The molecule has 1 saturated carbocycles. The minimum atomic E-state index is -0.104. The lowest BCUT2D eigenvalue weighted by molar-refractivity contribution is -0.000402. The van der Waals surface area contributed by atoms with E-state index in [4.69, 9.17) is 0 Å². The Balaban J connectivity index is 2.40. The second-order valence-corrected chi connectivity index (χ2v) is 5.31. The molecule has 0 aromatic carbocycles. The van der Waals surface area contributed by atoms with Gasteiger partial charge in [0, 0.05) is 18.0 Å². The molecule has 0 aromatic rings. The number of aliphatic hydroxyl groups is 1. The molecule has 0 aliphatic heterocycles. The fourth-order valence-electron chi connectivity index (χ4n) is 2.54. The SMILES string of the molecule is CCC(CC)NCC1(C)CCCCC1O. The van der Waals surface area contributed by atoms with Crippen molar-refractivity contribution >= 4 is 0 Å². The summed E-state index contributed by atoms with van der Waals surface area (Å²) in [6.07, 6.45) is 6.89. The summed E-state index contributed by atoms with van der Waals surface area (Å²) in [6.45, 7) is 7.65. The molecule has 0 heterocycles. The van der Waals surface area contributed by atoms with Gasteiger partial charge in [-0.2, -0.15) is 0 Å². The monoisotopic (exact) mass is 213 g/mol. The van der Waals surface area contributed by atoms with Crippen molar-refractivity contribution in [3.8, 4) is 0 Å². The van der Waals surface area contributed by atoms with Crippen molar-refractivity contribution < 1.29 is 5.11 Å². The Morgan fingerprint density at radius 1 is 1.33 bits per heavy atom. The van der Waals surface area contributed by atoms with E-state index in [0.717, 1.165) is 13.0 Å². The first kappa shape index (κ1) is 13.0. The van der Waals surface area contributed by atoms with Crippen LogP contribution in [0.3, 0.4) is 0 Å². The maximum atomic E-state index is 10.0. The van der Waals surface area contributed by atoms with Gasteiger partial charge in [-0.25, -0.2) is 0 Å². The first-order chi connectivity index (χ1) is 7.12. The van der Waals surface area contributed by atoms with Crippen molar-refractivity contribution in [2.45, 2.75) is 71.4 Å². The third-order valence-corrected chi connectivity index (χ3v) is 4.06. The lowest BCUT2D eigenvalue weighted by Gasteiger charge is -2.39. The van der Waals surface area contributed by atoms with Crippen LogP contribution in [-0.4, -0.2) is 23.8 Å². The molecular formula is C13H27NO. The highest BCUT2D eigenvalue weighted by atomic mass is 16.3. The molecule has 1 fully saturated rings. The van der Waals surface area contributed by atoms with Gasteiger partial charge in [0.2, 0.25) is 0 Å². The lowest BCUT2D eigenvalue weighted by Crippen LogP contribution is -2.46. The number of aliphatic hydroxyl groups excluding tert-OH is 1. The molecule has 1 rings (SSSR count). The van der Waals surface area contributed by atoms with E-state index in [-0.39, 0.29) is 11.5 Å². The van der Waals surface area contributed by atoms with Crippen LogP contribution in [0, 0.1) is 5.41 Å². The first-order valence-electron chi connectivity index (χ1n) is 6.54. The van der Waals surface area contributed by atoms with E-state index in [2.05, 4.69) is 26.1 Å². The first-order valence-corrected chi connectivity index (χ1v) is 6.54. The normalized spacial score (nSPS) is 32.2. The van der Waals surface area contributed by atoms with Gasteiger partial charge >= 0.3 is 0 Å². The van der Waals surface area contributed by atoms with Gasteiger partial charge in [0.25, 0.3) is 0 Å². The largest absolute Gasteiger partial charge is 0.393 e. The molecule has 0 saturated heterocycles. The van der Waals surface area contributed by atoms with Crippen molar-refractivity contribution in [1.29, 1.82) is 0 Å². The van der Waals surface area contributed by atoms with E-state index >= 15 is 0 Å². The molecule has 0 aromatic heterocycles. The summed E-state index contributed by atoms with van der Waals surface area (Å²) in [5.41, 5.74) is 0.112. The third kappa shape index (κ3) is 3.46. The summed E-state index contributed by atoms with van der Waals surface area (Å²) in [7, 11) is 0. The van der Waals surface area contributed by atoms with Gasteiger partial charge in [0.15, 0.2) is 0 Å². The molecule has 0 radical (unpaired) electrons. The van der Waals surface area contributed by atoms with Crippen molar-refractivity contribution in [2.24, 2.45) is 5.41 Å². The van der Waals surface area contributed by atoms with Crippen LogP contribution in [0.25, 0.3) is 0 Å². The average molecular weight is 213 g/mol. The van der Waals surface area contributed by atoms with Crippen LogP contribution < -0.4 is 5.32 Å². The van der Waals surface area contributed by atoms with Crippen LogP contribution in [0.15, 0.2) is 0 Å². The summed E-state index contributed by atoms with van der Waals surface area (Å²) in [5, 5.41) is 13.6. The molecule has 1 aliphatic rings. The summed E-state index contributed by atoms with van der Waals surface area (Å²) in [6, 6.07) is 0.621. The molecule has 0 spiro atoms. The van der Waals surface area contributed by atoms with Gasteiger partial charge < -0.3 is 10.4 Å². The number of nitrogens with one attached hydrogen (secondary N) is 1. The number of hydrogen-bond donors (Lipinski definition) is 2. The maximum absolute atomic E-state index is 10.0. The van der Waals surface area contributed by atoms with Gasteiger partial charge in [0.1, 0.15) is 0 Å². The van der Waals surface area contributed by atoms with Gasteiger partial charge in [-0.1, -0.05) is 33.6 Å². The molecule has 2 unspecified atom stereocenters. The van der Waals surface area contributed by atoms with Crippen molar-refractivity contribution in [3.63, 3.8) is 0 Å². The summed E-state index contributed by atoms with van der Waals surface area (Å²) in [4.78, 5) is 0. The Bertz CT molecular complexity index is 179. The van der Waals surface area contributed by atoms with E-state index in [1.165, 1.54) is 32.1 Å². The third-order valence-electron chi connectivity index (χ3n) is 4.06. The standard InChI is InChI=1S/C13H27NO/c1-4-11(5-2)14-10-13(3)9-7-6-8-12(13)15/h11-12,14-15H,4-10H2,1-3H3. The molecule has 1 aliphatic carbocycles. The zero-order chi connectivity index (χ0) is 11.3. The maximum Gasteiger partial charge on any atom is 0.0605 e. The highest BCUT2D eigenvalue weighted by Crippen LogP contribution is 2.35. The molecule has 2 heteroatoms. The topological polar surface area (TPSA) is 32.3 Å². The molecule has 90 valence electrons. The van der Waals surface area contributed by atoms with Crippen LogP contribution in [0.2, 0.25) is 0 Å². The van der Waals surface area contributed by atoms with Crippen molar-refractivity contribution in [2.75, 3.05) is 6.54 Å². The minimum absolute atomic E-state index is 0.104. The lowest BCUT2D eigenvalue weighted by atomic mass is 9.73. The quantitative estimate of drug-likeness (QED) is 0.736. The average Bonchev–Trinajstić information content (AvgIpc) is 2.24. The van der Waals surface area contributed by atoms with Crippen LogP contribution in [0.4, 0.5) is 0 Å². The predicted octanol–water partition coefficient (Wildman–Crippen LogP) is 2.71. The summed E-state index contributed by atoms with van der Waals surface area (Å²) >= 11 is 0. The Labute approximate surface area is 94.5 Å². The molecular weight excluding hydrogens is 186 g/mol. The molecule has 2 atom stereocenters. The zero-order valence-corrected chi connectivity index (χ0v) is 10.6. The van der Waals surface area contributed by atoms with Crippen LogP contribution in [-0.2, 0) is 0 Å². The van der Waals surface area contributed by atoms with E-state index in [1.807, 2.05) is 0 Å². The van der Waals surface area contributed by atoms with Gasteiger partial charge in [0.05, 0.1) is 6.10 Å². The van der Waals surface area contributed by atoms with E-state index in [0.29, 0.717) is 6.04 Å². The zero-order valence-electron chi connectivity index (χ0n) is 10.6. The molecule has 15 heavy (non-hydrogen) atoms. The van der Waals surface area contributed by atoms with Gasteiger partial charge in [-0.3, -0.25) is 0 Å². The van der Waals surface area contributed by atoms with Crippen LogP contribution in [0.5, 0.6) is 0 Å². The molecule has 0 bridgehead atoms. The minimum Gasteiger partial charge on any atom is -0.393 e. The van der Waals surface area contributed by atoms with E-state index in [9.17, 15) is 5.11 Å². The second-order valence-electron chi connectivity index (χ2n) is 5.31. The van der Waals surface area contributed by atoms with Crippen molar-refractivity contribution in [3.05, 3.63) is 0 Å². The number of hydrogen-bond acceptors (Lipinski definition) is 2. The highest BCUT2D eigenvalue weighted by Gasteiger charge is 2.35. The Morgan fingerprint density at radius 3 is 2.53 bits per heavy atom. The Morgan fingerprint density at radius 2 is 2.00 bits per heavy atom. The fourth-order valence-corrected chi connectivity index (χ4v) is 2.54. The number of rotatable bonds is 5. The van der Waals surface area contributed by atoms with Crippen LogP contribution >= 0.6 is 0 Å². The molecule has 2 nitrogen and oxygen atoms in total. The second kappa shape index (κ2) is 5.86.